The highest BCUT2D eigenvalue weighted by Gasteiger charge is 2.23. The van der Waals surface area contributed by atoms with E-state index < -0.39 is 0 Å². The van der Waals surface area contributed by atoms with Gasteiger partial charge in [0, 0.05) is 31.0 Å². The molecule has 1 aliphatic rings. The number of benzene rings is 1. The lowest BCUT2D eigenvalue weighted by molar-refractivity contribution is 0.292. The molecule has 0 aliphatic carbocycles. The highest BCUT2D eigenvalue weighted by molar-refractivity contribution is 5.57. The molecule has 1 unspecified atom stereocenters. The SMILES string of the molecule is OCCc1noc(CC2CNc3ccccc32)n1. The molecule has 3 rings (SSSR count). The molecule has 0 amide bonds. The zero-order chi connectivity index (χ0) is 12.4. The van der Waals surface area contributed by atoms with Gasteiger partial charge in [0.1, 0.15) is 0 Å². The lowest BCUT2D eigenvalue weighted by Crippen LogP contribution is -2.06. The van der Waals surface area contributed by atoms with Gasteiger partial charge in [-0.3, -0.25) is 0 Å². The van der Waals surface area contributed by atoms with Crippen LogP contribution in [0.2, 0.25) is 0 Å². The molecule has 5 heteroatoms. The van der Waals surface area contributed by atoms with Crippen LogP contribution in [0.15, 0.2) is 28.8 Å². The zero-order valence-corrected chi connectivity index (χ0v) is 9.97. The van der Waals surface area contributed by atoms with E-state index in [9.17, 15) is 0 Å². The van der Waals surface area contributed by atoms with E-state index in [0.29, 0.717) is 24.1 Å². The predicted octanol–water partition coefficient (Wildman–Crippen LogP) is 1.36. The van der Waals surface area contributed by atoms with Gasteiger partial charge in [0.05, 0.1) is 6.61 Å². The number of aromatic nitrogens is 2. The second-order valence-corrected chi connectivity index (χ2v) is 4.45. The normalized spacial score (nSPS) is 17.5. The summed E-state index contributed by atoms with van der Waals surface area (Å²) in [7, 11) is 0. The molecular formula is C13H15N3O2. The lowest BCUT2D eigenvalue weighted by Gasteiger charge is -2.05. The fourth-order valence-corrected chi connectivity index (χ4v) is 2.32. The summed E-state index contributed by atoms with van der Waals surface area (Å²) in [6, 6.07) is 8.29. The Morgan fingerprint density at radius 3 is 3.17 bits per heavy atom. The van der Waals surface area contributed by atoms with E-state index in [0.717, 1.165) is 13.0 Å². The van der Waals surface area contributed by atoms with Crippen molar-refractivity contribution in [1.82, 2.24) is 10.1 Å². The Kier molecular flexibility index (Phi) is 2.98. The van der Waals surface area contributed by atoms with Crippen molar-refractivity contribution in [3.8, 4) is 0 Å². The van der Waals surface area contributed by atoms with E-state index in [-0.39, 0.29) is 6.61 Å². The van der Waals surface area contributed by atoms with Crippen LogP contribution >= 0.6 is 0 Å². The molecule has 0 saturated carbocycles. The monoisotopic (exact) mass is 245 g/mol. The summed E-state index contributed by atoms with van der Waals surface area (Å²) in [5.41, 5.74) is 2.50. The second-order valence-electron chi connectivity index (χ2n) is 4.45. The number of rotatable bonds is 4. The van der Waals surface area contributed by atoms with Gasteiger partial charge in [-0.1, -0.05) is 23.4 Å². The maximum absolute atomic E-state index is 8.81. The number of fused-ring (bicyclic) bond motifs is 1. The van der Waals surface area contributed by atoms with Crippen molar-refractivity contribution in [1.29, 1.82) is 0 Å². The Bertz CT molecular complexity index is 539. The first-order valence-corrected chi connectivity index (χ1v) is 6.12. The molecule has 5 nitrogen and oxygen atoms in total. The first-order chi connectivity index (χ1) is 8.86. The molecule has 0 bridgehead atoms. The fourth-order valence-electron chi connectivity index (χ4n) is 2.32. The Morgan fingerprint density at radius 1 is 1.39 bits per heavy atom. The summed E-state index contributed by atoms with van der Waals surface area (Å²) in [6.07, 6.45) is 1.19. The molecule has 1 atom stereocenters. The number of hydrogen-bond acceptors (Lipinski definition) is 5. The molecule has 0 spiro atoms. The van der Waals surface area contributed by atoms with Gasteiger partial charge in [0.25, 0.3) is 0 Å². The van der Waals surface area contributed by atoms with Crippen LogP contribution < -0.4 is 5.32 Å². The first kappa shape index (κ1) is 11.2. The van der Waals surface area contributed by atoms with Gasteiger partial charge in [-0.2, -0.15) is 4.98 Å². The van der Waals surface area contributed by atoms with Gasteiger partial charge < -0.3 is 14.9 Å². The number of nitrogens with one attached hydrogen (secondary N) is 1. The highest BCUT2D eigenvalue weighted by Crippen LogP contribution is 2.32. The molecule has 1 aromatic heterocycles. The first-order valence-electron chi connectivity index (χ1n) is 6.12. The van der Waals surface area contributed by atoms with Gasteiger partial charge >= 0.3 is 0 Å². The molecule has 18 heavy (non-hydrogen) atoms. The minimum absolute atomic E-state index is 0.0484. The van der Waals surface area contributed by atoms with Crippen molar-refractivity contribution >= 4 is 5.69 Å². The summed E-state index contributed by atoms with van der Waals surface area (Å²) in [5, 5.41) is 16.0. The van der Waals surface area contributed by atoms with E-state index in [1.54, 1.807) is 0 Å². The predicted molar refractivity (Wildman–Crippen MR) is 66.5 cm³/mol. The Labute approximate surface area is 105 Å². The Balaban J connectivity index is 1.73. The quantitative estimate of drug-likeness (QED) is 0.851. The average molecular weight is 245 g/mol. The zero-order valence-electron chi connectivity index (χ0n) is 9.97. The minimum Gasteiger partial charge on any atom is -0.396 e. The number of anilines is 1. The smallest absolute Gasteiger partial charge is 0.227 e. The van der Waals surface area contributed by atoms with Gasteiger partial charge in [-0.05, 0) is 11.6 Å². The second kappa shape index (κ2) is 4.78. The van der Waals surface area contributed by atoms with Gasteiger partial charge in [0.2, 0.25) is 5.89 Å². The van der Waals surface area contributed by atoms with Gasteiger partial charge in [0.15, 0.2) is 5.82 Å². The van der Waals surface area contributed by atoms with Gasteiger partial charge in [-0.25, -0.2) is 0 Å². The molecule has 1 aliphatic heterocycles. The summed E-state index contributed by atoms with van der Waals surface area (Å²) in [4.78, 5) is 4.27. The van der Waals surface area contributed by atoms with Crippen molar-refractivity contribution in [3.63, 3.8) is 0 Å². The van der Waals surface area contributed by atoms with Crippen LogP contribution in [0.5, 0.6) is 0 Å². The summed E-state index contributed by atoms with van der Waals surface area (Å²) in [6.45, 7) is 0.948. The molecular weight excluding hydrogens is 230 g/mol. The average Bonchev–Trinajstić information content (AvgIpc) is 2.99. The van der Waals surface area contributed by atoms with E-state index in [1.165, 1.54) is 11.3 Å². The molecule has 1 aromatic carbocycles. The van der Waals surface area contributed by atoms with Crippen LogP contribution in [-0.2, 0) is 12.8 Å². The summed E-state index contributed by atoms with van der Waals surface area (Å²) < 4.78 is 5.19. The molecule has 0 radical (unpaired) electrons. The van der Waals surface area contributed by atoms with Crippen molar-refractivity contribution in [3.05, 3.63) is 41.5 Å². The third kappa shape index (κ3) is 2.09. The van der Waals surface area contributed by atoms with Crippen molar-refractivity contribution in [2.24, 2.45) is 0 Å². The number of hydrogen-bond donors (Lipinski definition) is 2. The molecule has 2 N–H and O–H groups in total. The van der Waals surface area contributed by atoms with E-state index in [1.807, 2.05) is 12.1 Å². The lowest BCUT2D eigenvalue weighted by atomic mass is 9.98. The van der Waals surface area contributed by atoms with Crippen molar-refractivity contribution in [2.45, 2.75) is 18.8 Å². The number of nitrogens with zero attached hydrogens (tertiary/aromatic N) is 2. The minimum atomic E-state index is 0.0484. The Morgan fingerprint density at radius 2 is 2.28 bits per heavy atom. The number of aliphatic hydroxyl groups is 1. The van der Waals surface area contributed by atoms with E-state index in [4.69, 9.17) is 9.63 Å². The van der Waals surface area contributed by atoms with E-state index in [2.05, 4.69) is 27.6 Å². The summed E-state index contributed by atoms with van der Waals surface area (Å²) >= 11 is 0. The number of aliphatic hydroxyl groups excluding tert-OH is 1. The van der Waals surface area contributed by atoms with E-state index >= 15 is 0 Å². The fraction of sp³-hybridized carbons (Fsp3) is 0.385. The summed E-state index contributed by atoms with van der Waals surface area (Å²) in [5.74, 6) is 1.59. The highest BCUT2D eigenvalue weighted by atomic mass is 16.5. The molecule has 2 heterocycles. The molecule has 0 saturated heterocycles. The third-order valence-corrected chi connectivity index (χ3v) is 3.21. The van der Waals surface area contributed by atoms with Crippen LogP contribution in [0.4, 0.5) is 5.69 Å². The van der Waals surface area contributed by atoms with Gasteiger partial charge in [-0.15, -0.1) is 0 Å². The van der Waals surface area contributed by atoms with Crippen LogP contribution in [0.3, 0.4) is 0 Å². The van der Waals surface area contributed by atoms with Crippen LogP contribution in [-0.4, -0.2) is 28.4 Å². The van der Waals surface area contributed by atoms with Crippen LogP contribution in [0, 0.1) is 0 Å². The van der Waals surface area contributed by atoms with Crippen LogP contribution in [0.25, 0.3) is 0 Å². The topological polar surface area (TPSA) is 71.2 Å². The molecule has 94 valence electrons. The largest absolute Gasteiger partial charge is 0.396 e. The maximum atomic E-state index is 8.81. The number of para-hydroxylation sites is 1. The van der Waals surface area contributed by atoms with Crippen LogP contribution in [0.1, 0.15) is 23.2 Å². The van der Waals surface area contributed by atoms with Crippen molar-refractivity contribution < 1.29 is 9.63 Å². The standard InChI is InChI=1S/C13H15N3O2/c17-6-5-12-15-13(18-16-12)7-9-8-14-11-4-2-1-3-10(9)11/h1-4,9,14,17H,5-8H2. The Hall–Kier alpha value is -1.88. The maximum Gasteiger partial charge on any atom is 0.227 e. The third-order valence-electron chi connectivity index (χ3n) is 3.21. The van der Waals surface area contributed by atoms with Crippen molar-refractivity contribution in [2.75, 3.05) is 18.5 Å². The molecule has 0 fully saturated rings. The molecule has 2 aromatic rings.